The Balaban J connectivity index is 1.06. The Labute approximate surface area is 245 Å². The van der Waals surface area contributed by atoms with Crippen molar-refractivity contribution in [2.45, 2.75) is 140 Å². The van der Waals surface area contributed by atoms with E-state index in [1.165, 1.54) is 43.4 Å². The van der Waals surface area contributed by atoms with Crippen LogP contribution in [0.15, 0.2) is 11.6 Å². The maximum atomic E-state index is 10.5. The quantitative estimate of drug-likeness (QED) is 0.386. The molecule has 3 heterocycles. The van der Waals surface area contributed by atoms with Gasteiger partial charge in [0.25, 0.3) is 0 Å². The highest BCUT2D eigenvalue weighted by Gasteiger charge is 2.68. The fraction of sp³-hybridized carbons (Fsp3) is 0.939. The minimum atomic E-state index is -1.25. The zero-order chi connectivity index (χ0) is 28.2. The van der Waals surface area contributed by atoms with Crippen molar-refractivity contribution in [3.8, 4) is 0 Å². The molecule has 226 valence electrons. The number of aliphatic hydroxyl groups excluding tert-OH is 3. The Hall–Kier alpha value is -0.150. The monoisotopic (exact) mass is 576 g/mol. The zero-order valence-electron chi connectivity index (χ0n) is 25.1. The molecule has 40 heavy (non-hydrogen) atoms. The normalized spacial score (nSPS) is 59.5. The molecule has 4 aliphatic carbocycles. The molecular weight excluding hydrogens is 524 g/mol. The maximum absolute atomic E-state index is 10.5. The minimum absolute atomic E-state index is 0.0361. The summed E-state index contributed by atoms with van der Waals surface area (Å²) in [6, 6.07) is 0. The summed E-state index contributed by atoms with van der Waals surface area (Å²) in [6.45, 7) is 11.8. The Bertz CT molecular complexity index is 1010. The Morgan fingerprint density at radius 3 is 2.50 bits per heavy atom. The molecule has 0 aromatic carbocycles. The molecule has 0 aromatic rings. The first kappa shape index (κ1) is 28.6. The molecule has 7 rings (SSSR count). The van der Waals surface area contributed by atoms with Gasteiger partial charge in [-0.15, -0.1) is 11.8 Å². The van der Waals surface area contributed by atoms with Gasteiger partial charge in [-0.25, -0.2) is 0 Å². The molecule has 3 N–H and O–H groups in total. The highest BCUT2D eigenvalue weighted by Crippen LogP contribution is 2.71. The molecule has 1 spiro atoms. The Kier molecular flexibility index (Phi) is 7.11. The third-order valence-electron chi connectivity index (χ3n) is 13.5. The summed E-state index contributed by atoms with van der Waals surface area (Å²) in [4.78, 5) is 0.0677. The summed E-state index contributed by atoms with van der Waals surface area (Å²) in [5, 5.41) is 30.8. The second-order valence-corrected chi connectivity index (χ2v) is 16.8. The number of hydrogen-bond acceptors (Lipinski definition) is 7. The van der Waals surface area contributed by atoms with Crippen molar-refractivity contribution >= 4 is 11.8 Å². The lowest BCUT2D eigenvalue weighted by atomic mass is 9.47. The van der Waals surface area contributed by atoms with Gasteiger partial charge in [0.2, 0.25) is 0 Å². The molecule has 6 nitrogen and oxygen atoms in total. The third kappa shape index (κ3) is 4.11. The van der Waals surface area contributed by atoms with Crippen molar-refractivity contribution in [3.63, 3.8) is 0 Å². The highest BCUT2D eigenvalue weighted by atomic mass is 32.2. The molecule has 0 unspecified atom stereocenters. The van der Waals surface area contributed by atoms with E-state index in [0.717, 1.165) is 43.4 Å². The zero-order valence-corrected chi connectivity index (χ0v) is 25.9. The number of ether oxygens (including phenoxy) is 3. The van der Waals surface area contributed by atoms with E-state index in [2.05, 4.69) is 45.5 Å². The Morgan fingerprint density at radius 1 is 0.950 bits per heavy atom. The molecule has 6 fully saturated rings. The van der Waals surface area contributed by atoms with Gasteiger partial charge in [-0.1, -0.05) is 39.3 Å². The van der Waals surface area contributed by atoms with Crippen molar-refractivity contribution in [1.29, 1.82) is 0 Å². The van der Waals surface area contributed by atoms with Crippen LogP contribution in [-0.4, -0.2) is 68.9 Å². The largest absolute Gasteiger partial charge is 0.388 e. The lowest BCUT2D eigenvalue weighted by Crippen LogP contribution is -2.58. The van der Waals surface area contributed by atoms with Crippen molar-refractivity contribution < 1.29 is 29.5 Å². The van der Waals surface area contributed by atoms with Gasteiger partial charge in [-0.2, -0.15) is 0 Å². The van der Waals surface area contributed by atoms with Crippen molar-refractivity contribution in [3.05, 3.63) is 11.6 Å². The van der Waals surface area contributed by atoms with E-state index in [1.807, 2.05) is 0 Å². The maximum Gasteiger partial charge on any atom is 0.186 e. The summed E-state index contributed by atoms with van der Waals surface area (Å²) in [7, 11) is 0. The molecule has 0 amide bonds. The van der Waals surface area contributed by atoms with Gasteiger partial charge in [0.15, 0.2) is 6.29 Å². The van der Waals surface area contributed by atoms with Gasteiger partial charge in [-0.3, -0.25) is 0 Å². The van der Waals surface area contributed by atoms with Gasteiger partial charge >= 0.3 is 0 Å². The molecule has 3 saturated heterocycles. The van der Waals surface area contributed by atoms with Crippen LogP contribution in [0.4, 0.5) is 0 Å². The summed E-state index contributed by atoms with van der Waals surface area (Å²) in [5.74, 6) is 5.60. The summed E-state index contributed by atoms with van der Waals surface area (Å²) < 4.78 is 19.2. The number of allylic oxidation sites excluding steroid dienone is 1. The number of aliphatic hydroxyl groups is 3. The predicted octanol–water partition coefficient (Wildman–Crippen LogP) is 5.28. The molecule has 16 atom stereocenters. The minimum Gasteiger partial charge on any atom is -0.388 e. The fourth-order valence-corrected chi connectivity index (χ4v) is 12.7. The lowest BCUT2D eigenvalue weighted by molar-refractivity contribution is -0.305. The highest BCUT2D eigenvalue weighted by molar-refractivity contribution is 8.00. The number of hydrogen-bond donors (Lipinski definition) is 3. The molecule has 0 aromatic heterocycles. The van der Waals surface area contributed by atoms with E-state index in [1.54, 1.807) is 6.92 Å². The number of fused-ring (bicyclic) bond motifs is 7. The molecule has 0 radical (unpaired) electrons. The number of thioether (sulfide) groups is 1. The molecule has 3 saturated carbocycles. The second-order valence-electron chi connectivity index (χ2n) is 15.5. The molecule has 7 aliphatic rings. The van der Waals surface area contributed by atoms with E-state index in [4.69, 9.17) is 14.2 Å². The van der Waals surface area contributed by atoms with Gasteiger partial charge in [-0.05, 0) is 111 Å². The standard InChI is InChI=1S/C33H52O6S/c1-17-8-13-33(40-16-17)18(2)26-25(39-33)15-24-22-7-6-20-14-21(38-30-29(36)28(35)27(34)19(3)37-30)9-11-31(20,4)23(22)10-12-32(24,26)5/h6,17-19,21-30,34-36H,7-16H2,1-5H3/t17-,18+,19+,21+,22-,23+,24+,25+,26+,27+,28-,29-,30+,31+,32+,33+/m1/s1. The first-order valence-electron chi connectivity index (χ1n) is 16.3. The topological polar surface area (TPSA) is 88.4 Å². The molecule has 3 aliphatic heterocycles. The van der Waals surface area contributed by atoms with Gasteiger partial charge in [0.05, 0.1) is 18.3 Å². The number of rotatable bonds is 2. The summed E-state index contributed by atoms with van der Waals surface area (Å²) in [6.07, 6.45) is 8.39. The summed E-state index contributed by atoms with van der Waals surface area (Å²) in [5.41, 5.74) is 2.12. The third-order valence-corrected chi connectivity index (χ3v) is 15.4. The Morgan fingerprint density at radius 2 is 1.75 bits per heavy atom. The summed E-state index contributed by atoms with van der Waals surface area (Å²) >= 11 is 2.14. The first-order valence-corrected chi connectivity index (χ1v) is 17.3. The fourth-order valence-electron chi connectivity index (χ4n) is 11.1. The van der Waals surface area contributed by atoms with Crippen LogP contribution in [0.5, 0.6) is 0 Å². The van der Waals surface area contributed by atoms with Crippen LogP contribution in [0.3, 0.4) is 0 Å². The van der Waals surface area contributed by atoms with Gasteiger partial charge < -0.3 is 29.5 Å². The van der Waals surface area contributed by atoms with E-state index >= 15 is 0 Å². The van der Waals surface area contributed by atoms with Crippen LogP contribution in [0, 0.1) is 46.3 Å². The average Bonchev–Trinajstić information content (AvgIpc) is 3.37. The average molecular weight is 577 g/mol. The van der Waals surface area contributed by atoms with Crippen LogP contribution < -0.4 is 0 Å². The lowest BCUT2D eigenvalue weighted by Gasteiger charge is -2.58. The van der Waals surface area contributed by atoms with Crippen LogP contribution in [0.2, 0.25) is 0 Å². The second kappa shape index (κ2) is 9.93. The molecular formula is C33H52O6S. The smallest absolute Gasteiger partial charge is 0.186 e. The van der Waals surface area contributed by atoms with E-state index in [-0.39, 0.29) is 16.5 Å². The van der Waals surface area contributed by atoms with E-state index in [0.29, 0.717) is 29.3 Å². The first-order chi connectivity index (χ1) is 19.0. The van der Waals surface area contributed by atoms with E-state index < -0.39 is 30.7 Å². The van der Waals surface area contributed by atoms with E-state index in [9.17, 15) is 15.3 Å². The van der Waals surface area contributed by atoms with Crippen LogP contribution in [0.25, 0.3) is 0 Å². The van der Waals surface area contributed by atoms with Crippen LogP contribution in [0.1, 0.15) is 92.4 Å². The van der Waals surface area contributed by atoms with Gasteiger partial charge in [0, 0.05) is 5.92 Å². The van der Waals surface area contributed by atoms with Gasteiger partial charge in [0.1, 0.15) is 23.2 Å². The van der Waals surface area contributed by atoms with Crippen LogP contribution >= 0.6 is 11.8 Å². The molecule has 7 heteroatoms. The SMILES string of the molecule is C[C@@H]1CC[C@]2(O[C@H]3C[C@H]4[C@@H]5CC=C6C[C@@H](O[C@@H]7O[C@@H](C)[C@H](O)[C@@H](O)[C@H]7O)CC[C@]6(C)[C@H]5CC[C@]4(C)[C@H]3[C@@H]2C)SC1. The van der Waals surface area contributed by atoms with Crippen LogP contribution in [-0.2, 0) is 14.2 Å². The predicted molar refractivity (Wildman–Crippen MR) is 155 cm³/mol. The van der Waals surface area contributed by atoms with Crippen molar-refractivity contribution in [2.24, 2.45) is 46.3 Å². The van der Waals surface area contributed by atoms with Crippen molar-refractivity contribution in [2.75, 3.05) is 5.75 Å². The molecule has 0 bridgehead atoms. The van der Waals surface area contributed by atoms with Crippen molar-refractivity contribution in [1.82, 2.24) is 0 Å².